The molecule has 1 aromatic heterocycles. The maximum absolute atomic E-state index is 9.30. The number of anilines is 1. The molecule has 5 heteroatoms. The number of aryl methyl sites for hydroxylation is 1. The molecule has 0 unspecified atom stereocenters. The Kier molecular flexibility index (Phi) is 3.78. The zero-order valence-corrected chi connectivity index (χ0v) is 11.1. The molecule has 5 nitrogen and oxygen atoms in total. The smallest absolute Gasteiger partial charge is 0.169 e. The molecule has 0 aromatic carbocycles. The molecule has 1 aliphatic rings. The highest BCUT2D eigenvalue weighted by atomic mass is 16.5. The average Bonchev–Trinajstić information content (AvgIpc) is 2.42. The summed E-state index contributed by atoms with van der Waals surface area (Å²) >= 11 is 0. The Morgan fingerprint density at radius 1 is 1.28 bits per heavy atom. The Morgan fingerprint density at radius 3 is 2.56 bits per heavy atom. The minimum Gasteiger partial charge on any atom is -0.381 e. The standard InChI is InChI=1S/C13H18N4O/c1-9-10(2)15-16-13(12(9)8-14)17(3)11-4-6-18-7-5-11/h11H,4-7H2,1-3H3. The monoisotopic (exact) mass is 246 g/mol. The first-order chi connectivity index (χ1) is 8.65. The number of hydrogen-bond acceptors (Lipinski definition) is 5. The van der Waals surface area contributed by atoms with Crippen molar-refractivity contribution in [1.29, 1.82) is 5.26 Å². The van der Waals surface area contributed by atoms with Gasteiger partial charge in [0.05, 0.1) is 5.69 Å². The second-order valence-corrected chi connectivity index (χ2v) is 4.68. The Hall–Kier alpha value is -1.67. The van der Waals surface area contributed by atoms with Gasteiger partial charge in [-0.25, -0.2) is 0 Å². The van der Waals surface area contributed by atoms with Crippen LogP contribution in [0.25, 0.3) is 0 Å². The van der Waals surface area contributed by atoms with Gasteiger partial charge in [-0.05, 0) is 32.3 Å². The first-order valence-corrected chi connectivity index (χ1v) is 6.19. The number of aromatic nitrogens is 2. The zero-order chi connectivity index (χ0) is 13.1. The van der Waals surface area contributed by atoms with Gasteiger partial charge in [-0.3, -0.25) is 0 Å². The van der Waals surface area contributed by atoms with Gasteiger partial charge < -0.3 is 9.64 Å². The Morgan fingerprint density at radius 2 is 1.94 bits per heavy atom. The van der Waals surface area contributed by atoms with Crippen molar-refractivity contribution in [2.75, 3.05) is 25.2 Å². The molecule has 2 rings (SSSR count). The summed E-state index contributed by atoms with van der Waals surface area (Å²) in [5, 5.41) is 17.6. The van der Waals surface area contributed by atoms with Gasteiger partial charge in [0.15, 0.2) is 5.82 Å². The largest absolute Gasteiger partial charge is 0.381 e. The van der Waals surface area contributed by atoms with Gasteiger partial charge in [0.2, 0.25) is 0 Å². The Bertz CT molecular complexity index is 475. The van der Waals surface area contributed by atoms with Crippen molar-refractivity contribution in [3.8, 4) is 6.07 Å². The third-order valence-electron chi connectivity index (χ3n) is 3.62. The van der Waals surface area contributed by atoms with Gasteiger partial charge in [0, 0.05) is 26.3 Å². The van der Waals surface area contributed by atoms with Crippen LogP contribution in [0.4, 0.5) is 5.82 Å². The Labute approximate surface area is 107 Å². The SMILES string of the molecule is Cc1nnc(N(C)C2CCOCC2)c(C#N)c1C. The second kappa shape index (κ2) is 5.32. The van der Waals surface area contributed by atoms with E-state index in [9.17, 15) is 5.26 Å². The molecule has 0 saturated carbocycles. The lowest BCUT2D eigenvalue weighted by atomic mass is 10.1. The summed E-state index contributed by atoms with van der Waals surface area (Å²) in [5.74, 6) is 0.688. The molecule has 0 N–H and O–H groups in total. The van der Waals surface area contributed by atoms with Crippen LogP contribution in [-0.2, 0) is 4.74 Å². The lowest BCUT2D eigenvalue weighted by molar-refractivity contribution is 0.0853. The fourth-order valence-corrected chi connectivity index (χ4v) is 2.22. The molecule has 0 amide bonds. The van der Waals surface area contributed by atoms with Crippen LogP contribution < -0.4 is 4.90 Å². The molecule has 1 saturated heterocycles. The van der Waals surface area contributed by atoms with Crippen molar-refractivity contribution in [2.24, 2.45) is 0 Å². The van der Waals surface area contributed by atoms with E-state index in [2.05, 4.69) is 21.2 Å². The first-order valence-electron chi connectivity index (χ1n) is 6.19. The van der Waals surface area contributed by atoms with Crippen molar-refractivity contribution < 1.29 is 4.74 Å². The molecular formula is C13H18N4O. The van der Waals surface area contributed by atoms with Crippen LogP contribution in [0.2, 0.25) is 0 Å². The highest BCUT2D eigenvalue weighted by molar-refractivity contribution is 5.57. The summed E-state index contributed by atoms with van der Waals surface area (Å²) in [7, 11) is 1.98. The molecule has 0 radical (unpaired) electrons. The van der Waals surface area contributed by atoms with Gasteiger partial charge in [-0.1, -0.05) is 0 Å². The Balaban J connectivity index is 2.32. The van der Waals surface area contributed by atoms with E-state index >= 15 is 0 Å². The van der Waals surface area contributed by atoms with E-state index in [1.807, 2.05) is 20.9 Å². The van der Waals surface area contributed by atoms with E-state index in [1.165, 1.54) is 0 Å². The van der Waals surface area contributed by atoms with E-state index in [1.54, 1.807) is 0 Å². The van der Waals surface area contributed by atoms with Crippen LogP contribution in [0.3, 0.4) is 0 Å². The minimum atomic E-state index is 0.377. The maximum atomic E-state index is 9.30. The number of nitriles is 1. The molecule has 1 aliphatic heterocycles. The van der Waals surface area contributed by atoms with Crippen LogP contribution in [0, 0.1) is 25.2 Å². The van der Waals surface area contributed by atoms with Crippen LogP contribution >= 0.6 is 0 Å². The molecule has 0 aliphatic carbocycles. The fourth-order valence-electron chi connectivity index (χ4n) is 2.22. The number of rotatable bonds is 2. The van der Waals surface area contributed by atoms with E-state index in [4.69, 9.17) is 4.74 Å². The number of nitrogens with zero attached hydrogens (tertiary/aromatic N) is 4. The van der Waals surface area contributed by atoms with Crippen LogP contribution in [0.5, 0.6) is 0 Å². The molecule has 0 atom stereocenters. The van der Waals surface area contributed by atoms with Crippen LogP contribution in [-0.4, -0.2) is 36.5 Å². The third kappa shape index (κ3) is 2.29. The van der Waals surface area contributed by atoms with Crippen molar-refractivity contribution >= 4 is 5.82 Å². The zero-order valence-electron chi connectivity index (χ0n) is 11.1. The quantitative estimate of drug-likeness (QED) is 0.792. The van der Waals surface area contributed by atoms with E-state index < -0.39 is 0 Å². The number of ether oxygens (including phenoxy) is 1. The molecule has 1 aromatic rings. The molecule has 96 valence electrons. The van der Waals surface area contributed by atoms with E-state index in [0.717, 1.165) is 37.3 Å². The van der Waals surface area contributed by atoms with Gasteiger partial charge in [0.1, 0.15) is 11.6 Å². The van der Waals surface area contributed by atoms with E-state index in [-0.39, 0.29) is 0 Å². The summed E-state index contributed by atoms with van der Waals surface area (Å²) in [6.07, 6.45) is 1.94. The molecule has 1 fully saturated rings. The molecule has 0 spiro atoms. The molecular weight excluding hydrogens is 228 g/mol. The summed E-state index contributed by atoms with van der Waals surface area (Å²) in [6.45, 7) is 5.34. The minimum absolute atomic E-state index is 0.377. The topological polar surface area (TPSA) is 62.0 Å². The normalized spacial score (nSPS) is 16.3. The number of hydrogen-bond donors (Lipinski definition) is 0. The predicted octanol–water partition coefficient (Wildman–Crippen LogP) is 1.58. The van der Waals surface area contributed by atoms with Crippen LogP contribution in [0.1, 0.15) is 29.7 Å². The summed E-state index contributed by atoms with van der Waals surface area (Å²) in [5.41, 5.74) is 2.37. The highest BCUT2D eigenvalue weighted by Crippen LogP contribution is 2.24. The van der Waals surface area contributed by atoms with Crippen molar-refractivity contribution in [1.82, 2.24) is 10.2 Å². The highest BCUT2D eigenvalue weighted by Gasteiger charge is 2.23. The van der Waals surface area contributed by atoms with Gasteiger partial charge in [-0.2, -0.15) is 10.4 Å². The molecule has 18 heavy (non-hydrogen) atoms. The van der Waals surface area contributed by atoms with E-state index in [0.29, 0.717) is 17.4 Å². The third-order valence-corrected chi connectivity index (χ3v) is 3.62. The maximum Gasteiger partial charge on any atom is 0.169 e. The molecule has 2 heterocycles. The molecule has 0 bridgehead atoms. The van der Waals surface area contributed by atoms with Gasteiger partial charge in [0.25, 0.3) is 0 Å². The summed E-state index contributed by atoms with van der Waals surface area (Å²) in [4.78, 5) is 2.07. The predicted molar refractivity (Wildman–Crippen MR) is 68.5 cm³/mol. The lowest BCUT2D eigenvalue weighted by Gasteiger charge is -2.32. The van der Waals surface area contributed by atoms with Crippen LogP contribution in [0.15, 0.2) is 0 Å². The average molecular weight is 246 g/mol. The fraction of sp³-hybridized carbons (Fsp3) is 0.615. The summed E-state index contributed by atoms with van der Waals surface area (Å²) < 4.78 is 5.36. The lowest BCUT2D eigenvalue weighted by Crippen LogP contribution is -2.37. The van der Waals surface area contributed by atoms with Crippen molar-refractivity contribution in [2.45, 2.75) is 32.7 Å². The summed E-state index contributed by atoms with van der Waals surface area (Å²) in [6, 6.07) is 2.63. The van der Waals surface area contributed by atoms with Crippen molar-refractivity contribution in [3.63, 3.8) is 0 Å². The second-order valence-electron chi connectivity index (χ2n) is 4.68. The van der Waals surface area contributed by atoms with Gasteiger partial charge >= 0.3 is 0 Å². The van der Waals surface area contributed by atoms with Gasteiger partial charge in [-0.15, -0.1) is 5.10 Å². The van der Waals surface area contributed by atoms with Crippen molar-refractivity contribution in [3.05, 3.63) is 16.8 Å². The first kappa shape index (κ1) is 12.8.